The Hall–Kier alpha value is -1.33. The van der Waals surface area contributed by atoms with Gasteiger partial charge in [0, 0.05) is 31.7 Å². The summed E-state index contributed by atoms with van der Waals surface area (Å²) in [5, 5.41) is 3.25. The molecule has 1 aromatic heterocycles. The van der Waals surface area contributed by atoms with Crippen molar-refractivity contribution in [3.05, 3.63) is 23.7 Å². The van der Waals surface area contributed by atoms with E-state index in [4.69, 9.17) is 4.42 Å². The largest absolute Gasteiger partial charge is 0.454 e. The minimum Gasteiger partial charge on any atom is -0.454 e. The third-order valence-electron chi connectivity index (χ3n) is 4.32. The van der Waals surface area contributed by atoms with Crippen LogP contribution in [0.25, 0.3) is 0 Å². The molecule has 0 bridgehead atoms. The fourth-order valence-corrected chi connectivity index (χ4v) is 3.20. The molecular weight excluding hydrogens is 278 g/mol. The van der Waals surface area contributed by atoms with Gasteiger partial charge in [0.2, 0.25) is 0 Å². The third kappa shape index (κ3) is 3.70. The fraction of sp³-hybridized carbons (Fsp3) is 0.706. The number of amides is 1. The van der Waals surface area contributed by atoms with Crippen LogP contribution in [0.4, 0.5) is 0 Å². The molecule has 0 aliphatic carbocycles. The van der Waals surface area contributed by atoms with E-state index in [1.165, 1.54) is 0 Å². The Balaban J connectivity index is 2.11. The van der Waals surface area contributed by atoms with Gasteiger partial charge in [-0.3, -0.25) is 9.69 Å². The van der Waals surface area contributed by atoms with Crippen LogP contribution in [0, 0.1) is 0 Å². The summed E-state index contributed by atoms with van der Waals surface area (Å²) in [6, 6.07) is 3.90. The molecule has 0 radical (unpaired) electrons. The van der Waals surface area contributed by atoms with Crippen molar-refractivity contribution >= 4 is 5.91 Å². The average molecular weight is 307 g/mol. The highest BCUT2D eigenvalue weighted by atomic mass is 16.4. The van der Waals surface area contributed by atoms with Gasteiger partial charge in [-0.05, 0) is 46.4 Å². The normalized spacial score (nSPS) is 17.8. The quantitative estimate of drug-likeness (QED) is 0.928. The third-order valence-corrected chi connectivity index (χ3v) is 4.32. The van der Waals surface area contributed by atoms with Crippen LogP contribution in [0.1, 0.15) is 57.0 Å². The molecule has 1 amide bonds. The second-order valence-electron chi connectivity index (χ2n) is 6.88. The number of hydrogen-bond donors (Lipinski definition) is 1. The van der Waals surface area contributed by atoms with Crippen LogP contribution in [-0.4, -0.2) is 54.0 Å². The molecular formula is C17H29N3O2. The topological polar surface area (TPSA) is 48.7 Å². The number of carbonyl (C=O) groups is 1. The Morgan fingerprint density at radius 3 is 2.55 bits per heavy atom. The molecule has 22 heavy (non-hydrogen) atoms. The lowest BCUT2D eigenvalue weighted by molar-refractivity contribution is 0.0676. The number of piperazine rings is 1. The predicted octanol–water partition coefficient (Wildman–Crippen LogP) is 2.51. The highest BCUT2D eigenvalue weighted by Crippen LogP contribution is 2.29. The standard InChI is InChI=1S/C17H29N3O2/c1-6-20(17(3,4)5)13(2)14-7-8-15(22-14)16(21)19-11-9-18-10-12-19/h7-8,13,18H,6,9-12H2,1-5H3. The SMILES string of the molecule is CCN(C(C)c1ccc(C(=O)N2CCNCC2)o1)C(C)(C)C. The number of rotatable bonds is 4. The Labute approximate surface area is 133 Å². The maximum atomic E-state index is 12.5. The first-order valence-electron chi connectivity index (χ1n) is 8.21. The first kappa shape index (κ1) is 17.0. The van der Waals surface area contributed by atoms with E-state index < -0.39 is 0 Å². The molecule has 0 spiro atoms. The van der Waals surface area contributed by atoms with Gasteiger partial charge >= 0.3 is 0 Å². The number of carbonyl (C=O) groups excluding carboxylic acids is 1. The van der Waals surface area contributed by atoms with Crippen molar-refractivity contribution in [1.29, 1.82) is 0 Å². The van der Waals surface area contributed by atoms with Crippen molar-refractivity contribution in [2.75, 3.05) is 32.7 Å². The van der Waals surface area contributed by atoms with E-state index in [1.54, 1.807) is 0 Å². The van der Waals surface area contributed by atoms with Crippen LogP contribution in [0.2, 0.25) is 0 Å². The smallest absolute Gasteiger partial charge is 0.289 e. The number of nitrogens with zero attached hydrogens (tertiary/aromatic N) is 2. The molecule has 1 saturated heterocycles. The first-order valence-corrected chi connectivity index (χ1v) is 8.21. The Morgan fingerprint density at radius 1 is 1.36 bits per heavy atom. The minimum absolute atomic E-state index is 0.00115. The number of nitrogens with one attached hydrogen (secondary N) is 1. The zero-order valence-corrected chi connectivity index (χ0v) is 14.5. The molecule has 5 nitrogen and oxygen atoms in total. The molecule has 0 aromatic carbocycles. The minimum atomic E-state index is -0.00115. The molecule has 1 aromatic rings. The zero-order valence-electron chi connectivity index (χ0n) is 14.5. The van der Waals surface area contributed by atoms with Crippen molar-refractivity contribution in [2.24, 2.45) is 0 Å². The predicted molar refractivity (Wildman–Crippen MR) is 88.0 cm³/mol. The summed E-state index contributed by atoms with van der Waals surface area (Å²) >= 11 is 0. The van der Waals surface area contributed by atoms with Gasteiger partial charge in [-0.2, -0.15) is 0 Å². The zero-order chi connectivity index (χ0) is 16.3. The first-order chi connectivity index (χ1) is 10.3. The maximum Gasteiger partial charge on any atom is 0.289 e. The molecule has 1 unspecified atom stereocenters. The lowest BCUT2D eigenvalue weighted by Gasteiger charge is -2.38. The molecule has 1 aliphatic heterocycles. The Morgan fingerprint density at radius 2 is 2.00 bits per heavy atom. The van der Waals surface area contributed by atoms with Gasteiger partial charge in [-0.1, -0.05) is 6.92 Å². The monoisotopic (exact) mass is 307 g/mol. The molecule has 0 saturated carbocycles. The van der Waals surface area contributed by atoms with Gasteiger partial charge in [0.05, 0.1) is 6.04 Å². The summed E-state index contributed by atoms with van der Waals surface area (Å²) in [6.07, 6.45) is 0. The number of furan rings is 1. The van der Waals surface area contributed by atoms with Crippen molar-refractivity contribution in [2.45, 2.75) is 46.2 Å². The van der Waals surface area contributed by atoms with Crippen LogP contribution in [-0.2, 0) is 0 Å². The van der Waals surface area contributed by atoms with Gasteiger partial charge in [0.1, 0.15) is 5.76 Å². The number of hydrogen-bond acceptors (Lipinski definition) is 4. The van der Waals surface area contributed by atoms with E-state index >= 15 is 0 Å². The summed E-state index contributed by atoms with van der Waals surface area (Å²) in [4.78, 5) is 16.7. The summed E-state index contributed by atoms with van der Waals surface area (Å²) in [5.41, 5.74) is 0.0592. The van der Waals surface area contributed by atoms with Gasteiger partial charge in [-0.15, -0.1) is 0 Å². The Bertz CT molecular complexity index is 498. The lowest BCUT2D eigenvalue weighted by atomic mass is 10.0. The average Bonchev–Trinajstić information content (AvgIpc) is 2.96. The summed E-state index contributed by atoms with van der Waals surface area (Å²) in [7, 11) is 0. The van der Waals surface area contributed by atoms with E-state index in [0.717, 1.165) is 38.5 Å². The molecule has 1 fully saturated rings. The Kier molecular flexibility index (Phi) is 5.29. The van der Waals surface area contributed by atoms with Crippen molar-refractivity contribution < 1.29 is 9.21 Å². The van der Waals surface area contributed by atoms with Crippen molar-refractivity contribution in [1.82, 2.24) is 15.1 Å². The summed E-state index contributed by atoms with van der Waals surface area (Å²) < 4.78 is 5.89. The van der Waals surface area contributed by atoms with E-state index in [2.05, 4.69) is 44.8 Å². The molecule has 1 atom stereocenters. The molecule has 5 heteroatoms. The lowest BCUT2D eigenvalue weighted by Crippen LogP contribution is -2.46. The highest BCUT2D eigenvalue weighted by molar-refractivity contribution is 5.91. The molecule has 2 heterocycles. The molecule has 1 aliphatic rings. The maximum absolute atomic E-state index is 12.5. The van der Waals surface area contributed by atoms with Crippen molar-refractivity contribution in [3.63, 3.8) is 0 Å². The summed E-state index contributed by atoms with van der Waals surface area (Å²) in [6.45, 7) is 15.0. The fourth-order valence-electron chi connectivity index (χ4n) is 3.20. The van der Waals surface area contributed by atoms with Gasteiger partial charge in [0.25, 0.3) is 5.91 Å². The van der Waals surface area contributed by atoms with Gasteiger partial charge in [0.15, 0.2) is 5.76 Å². The van der Waals surface area contributed by atoms with Crippen LogP contribution in [0.15, 0.2) is 16.5 Å². The van der Waals surface area contributed by atoms with Crippen LogP contribution in [0.3, 0.4) is 0 Å². The van der Waals surface area contributed by atoms with Gasteiger partial charge in [-0.25, -0.2) is 0 Å². The van der Waals surface area contributed by atoms with E-state index in [9.17, 15) is 4.79 Å². The van der Waals surface area contributed by atoms with Crippen molar-refractivity contribution in [3.8, 4) is 0 Å². The van der Waals surface area contributed by atoms with Crippen LogP contribution >= 0.6 is 0 Å². The second-order valence-corrected chi connectivity index (χ2v) is 6.88. The second kappa shape index (κ2) is 6.84. The molecule has 1 N–H and O–H groups in total. The van der Waals surface area contributed by atoms with E-state index in [1.807, 2.05) is 17.0 Å². The van der Waals surface area contributed by atoms with Crippen LogP contribution < -0.4 is 5.32 Å². The van der Waals surface area contributed by atoms with Gasteiger partial charge < -0.3 is 14.6 Å². The highest BCUT2D eigenvalue weighted by Gasteiger charge is 2.28. The molecule has 2 rings (SSSR count). The summed E-state index contributed by atoms with van der Waals surface area (Å²) in [5.74, 6) is 1.31. The van der Waals surface area contributed by atoms with E-state index in [-0.39, 0.29) is 17.5 Å². The van der Waals surface area contributed by atoms with Crippen LogP contribution in [0.5, 0.6) is 0 Å². The van der Waals surface area contributed by atoms with E-state index in [0.29, 0.717) is 5.76 Å². The molecule has 124 valence electrons.